The van der Waals surface area contributed by atoms with Crippen LogP contribution in [0.15, 0.2) is 52.3 Å². The highest BCUT2D eigenvalue weighted by molar-refractivity contribution is 7.91. The van der Waals surface area contributed by atoms with Gasteiger partial charge in [-0.15, -0.1) is 11.6 Å². The minimum atomic E-state index is -3.95. The Labute approximate surface area is 138 Å². The average Bonchev–Trinajstić information content (AvgIpc) is 2.53. The second-order valence-electron chi connectivity index (χ2n) is 4.67. The monoisotopic (exact) mass is 355 g/mol. The lowest BCUT2D eigenvalue weighted by molar-refractivity contribution is -0.386. The highest BCUT2D eigenvalue weighted by Gasteiger charge is 2.30. The van der Waals surface area contributed by atoms with E-state index in [1.807, 2.05) is 0 Å². The van der Waals surface area contributed by atoms with Gasteiger partial charge in [-0.2, -0.15) is 0 Å². The largest absolute Gasteiger partial charge is 0.485 e. The molecule has 2 aromatic carbocycles. The van der Waals surface area contributed by atoms with Gasteiger partial charge in [-0.05, 0) is 25.1 Å². The van der Waals surface area contributed by atoms with Crippen molar-refractivity contribution in [2.75, 3.05) is 12.5 Å². The summed E-state index contributed by atoms with van der Waals surface area (Å²) in [4.78, 5) is 10.5. The number of sulfone groups is 1. The van der Waals surface area contributed by atoms with Crippen molar-refractivity contribution in [3.63, 3.8) is 0 Å². The zero-order chi connectivity index (χ0) is 17.0. The maximum Gasteiger partial charge on any atom is 0.315 e. The quantitative estimate of drug-likeness (QED) is 0.450. The van der Waals surface area contributed by atoms with E-state index in [-0.39, 0.29) is 33.7 Å². The van der Waals surface area contributed by atoms with Crippen LogP contribution in [0.3, 0.4) is 0 Å². The fourth-order valence-corrected chi connectivity index (χ4v) is 3.59. The number of aryl methyl sites for hydroxylation is 1. The second kappa shape index (κ2) is 6.97. The molecule has 0 aliphatic heterocycles. The van der Waals surface area contributed by atoms with Gasteiger partial charge in [0.25, 0.3) is 0 Å². The molecule has 0 atom stereocenters. The number of alkyl halides is 1. The Balaban J connectivity index is 2.71. The molecule has 0 unspecified atom stereocenters. The third-order valence-corrected chi connectivity index (χ3v) is 5.09. The van der Waals surface area contributed by atoms with E-state index < -0.39 is 14.8 Å². The van der Waals surface area contributed by atoms with E-state index in [2.05, 4.69) is 0 Å². The third-order valence-electron chi connectivity index (χ3n) is 3.15. The summed E-state index contributed by atoms with van der Waals surface area (Å²) >= 11 is 5.56. The molecule has 0 radical (unpaired) electrons. The number of nitro groups is 1. The van der Waals surface area contributed by atoms with Crippen LogP contribution in [0.25, 0.3) is 0 Å². The van der Waals surface area contributed by atoms with Crippen LogP contribution in [0.5, 0.6) is 5.75 Å². The molecule has 0 saturated heterocycles. The van der Waals surface area contributed by atoms with Gasteiger partial charge in [0.15, 0.2) is 0 Å². The maximum absolute atomic E-state index is 12.8. The van der Waals surface area contributed by atoms with E-state index in [9.17, 15) is 18.5 Å². The number of ether oxygens (including phenoxy) is 1. The van der Waals surface area contributed by atoms with Crippen molar-refractivity contribution in [1.82, 2.24) is 0 Å². The van der Waals surface area contributed by atoms with Crippen molar-refractivity contribution in [3.8, 4) is 5.75 Å². The van der Waals surface area contributed by atoms with Gasteiger partial charge in [-0.25, -0.2) is 8.42 Å². The Hall–Kier alpha value is -2.12. The molecule has 0 aliphatic carbocycles. The Morgan fingerprint density at radius 2 is 1.83 bits per heavy atom. The summed E-state index contributed by atoms with van der Waals surface area (Å²) in [5.74, 6) is -0.199. The summed E-state index contributed by atoms with van der Waals surface area (Å²) in [5.41, 5.74) is -0.0568. The van der Waals surface area contributed by atoms with Crippen molar-refractivity contribution in [3.05, 3.63) is 58.1 Å². The van der Waals surface area contributed by atoms with Gasteiger partial charge in [-0.1, -0.05) is 24.3 Å². The molecule has 23 heavy (non-hydrogen) atoms. The van der Waals surface area contributed by atoms with E-state index in [4.69, 9.17) is 16.3 Å². The van der Waals surface area contributed by atoms with Crippen LogP contribution in [-0.2, 0) is 9.84 Å². The Morgan fingerprint density at radius 1 is 1.17 bits per heavy atom. The smallest absolute Gasteiger partial charge is 0.315 e. The molecule has 0 aliphatic rings. The molecule has 0 saturated carbocycles. The van der Waals surface area contributed by atoms with Crippen LogP contribution in [-0.4, -0.2) is 25.8 Å². The van der Waals surface area contributed by atoms with Gasteiger partial charge in [0.1, 0.15) is 11.5 Å². The minimum Gasteiger partial charge on any atom is -0.485 e. The Morgan fingerprint density at radius 3 is 2.39 bits per heavy atom. The Bertz CT molecular complexity index is 821. The SMILES string of the molecule is Cc1ccc(S(=O)(=O)c2ccccc2)c(OCCCl)c1[N+](=O)[O-]. The van der Waals surface area contributed by atoms with Gasteiger partial charge in [-0.3, -0.25) is 10.1 Å². The normalized spacial score (nSPS) is 11.2. The lowest BCUT2D eigenvalue weighted by Crippen LogP contribution is -2.10. The van der Waals surface area contributed by atoms with E-state index in [1.54, 1.807) is 18.2 Å². The summed E-state index contributed by atoms with van der Waals surface area (Å²) in [6, 6.07) is 10.4. The zero-order valence-electron chi connectivity index (χ0n) is 12.2. The fourth-order valence-electron chi connectivity index (χ4n) is 2.10. The molecule has 2 rings (SSSR count). The number of hydrogen-bond acceptors (Lipinski definition) is 5. The first-order valence-electron chi connectivity index (χ1n) is 6.66. The van der Waals surface area contributed by atoms with Crippen molar-refractivity contribution < 1.29 is 18.1 Å². The molecule has 122 valence electrons. The van der Waals surface area contributed by atoms with Crippen LogP contribution < -0.4 is 4.74 Å². The van der Waals surface area contributed by atoms with Crippen molar-refractivity contribution in [1.29, 1.82) is 0 Å². The summed E-state index contributed by atoms with van der Waals surface area (Å²) < 4.78 is 30.9. The molecule has 2 aromatic rings. The number of rotatable bonds is 6. The van der Waals surface area contributed by atoms with Crippen molar-refractivity contribution in [2.45, 2.75) is 16.7 Å². The maximum atomic E-state index is 12.8. The number of halogens is 1. The summed E-state index contributed by atoms with van der Waals surface area (Å²) in [5, 5.41) is 11.3. The molecule has 0 spiro atoms. The molecular formula is C15H14ClNO5S. The van der Waals surface area contributed by atoms with Crippen LogP contribution in [0.1, 0.15) is 5.56 Å². The van der Waals surface area contributed by atoms with E-state index >= 15 is 0 Å². The van der Waals surface area contributed by atoms with Crippen molar-refractivity contribution in [2.24, 2.45) is 0 Å². The van der Waals surface area contributed by atoms with Crippen LogP contribution in [0, 0.1) is 17.0 Å². The zero-order valence-corrected chi connectivity index (χ0v) is 13.8. The lowest BCUT2D eigenvalue weighted by atomic mass is 10.2. The molecule has 0 aromatic heterocycles. The average molecular weight is 356 g/mol. The molecule has 0 fully saturated rings. The molecule has 0 bridgehead atoms. The molecule has 0 amide bonds. The minimum absolute atomic E-state index is 0.0360. The topological polar surface area (TPSA) is 86.5 Å². The highest BCUT2D eigenvalue weighted by atomic mass is 35.5. The number of nitro benzene ring substituents is 1. The first-order chi connectivity index (χ1) is 10.9. The fraction of sp³-hybridized carbons (Fsp3) is 0.200. The van der Waals surface area contributed by atoms with Gasteiger partial charge in [0.2, 0.25) is 15.6 Å². The molecule has 8 heteroatoms. The molecular weight excluding hydrogens is 342 g/mol. The van der Waals surface area contributed by atoms with E-state index in [0.29, 0.717) is 5.56 Å². The first kappa shape index (κ1) is 17.2. The lowest BCUT2D eigenvalue weighted by Gasteiger charge is -2.13. The number of hydrogen-bond donors (Lipinski definition) is 0. The van der Waals surface area contributed by atoms with Crippen LogP contribution >= 0.6 is 11.6 Å². The number of benzene rings is 2. The predicted octanol–water partition coefficient (Wildman–Crippen LogP) is 3.35. The van der Waals surface area contributed by atoms with Gasteiger partial charge >= 0.3 is 5.69 Å². The van der Waals surface area contributed by atoms with Gasteiger partial charge in [0.05, 0.1) is 15.7 Å². The van der Waals surface area contributed by atoms with Crippen molar-refractivity contribution >= 4 is 27.1 Å². The summed E-state index contributed by atoms with van der Waals surface area (Å²) in [6.45, 7) is 1.48. The second-order valence-corrected chi connectivity index (χ2v) is 6.97. The standard InChI is InChI=1S/C15H14ClNO5S/c1-11-7-8-13(15(22-10-9-16)14(11)17(18)19)23(20,21)12-5-3-2-4-6-12/h2-8H,9-10H2,1H3. The summed E-state index contributed by atoms with van der Waals surface area (Å²) in [6.07, 6.45) is 0. The van der Waals surface area contributed by atoms with Gasteiger partial charge < -0.3 is 4.74 Å². The summed E-state index contributed by atoms with van der Waals surface area (Å²) in [7, 11) is -3.95. The predicted molar refractivity (Wildman–Crippen MR) is 85.9 cm³/mol. The first-order valence-corrected chi connectivity index (χ1v) is 8.68. The Kier molecular flexibility index (Phi) is 5.23. The van der Waals surface area contributed by atoms with Crippen LogP contribution in [0.4, 0.5) is 5.69 Å². The van der Waals surface area contributed by atoms with E-state index in [0.717, 1.165) is 0 Å². The third kappa shape index (κ3) is 3.46. The van der Waals surface area contributed by atoms with E-state index in [1.165, 1.54) is 31.2 Å². The molecule has 0 heterocycles. The van der Waals surface area contributed by atoms with Crippen LogP contribution in [0.2, 0.25) is 0 Å². The highest BCUT2D eigenvalue weighted by Crippen LogP contribution is 2.39. The molecule has 0 N–H and O–H groups in total. The number of nitrogens with zero attached hydrogens (tertiary/aromatic N) is 1. The molecule has 6 nitrogen and oxygen atoms in total. The van der Waals surface area contributed by atoms with Gasteiger partial charge in [0, 0.05) is 5.56 Å².